The SMILES string of the molecule is Cc1ccccc1CNC(=O)[C@H]1N(C(=O)[C@@H](O)[C@H](Cc2ccccc2)NC(=O)c2cccc(O)c2C)CSC12CCCCNC2. The molecule has 0 radical (unpaired) electrons. The van der Waals surface area contributed by atoms with Gasteiger partial charge in [0.05, 0.1) is 16.7 Å². The maximum absolute atomic E-state index is 14.2. The highest BCUT2D eigenvalue weighted by atomic mass is 32.2. The van der Waals surface area contributed by atoms with Gasteiger partial charge in [-0.1, -0.05) is 67.1 Å². The van der Waals surface area contributed by atoms with Gasteiger partial charge in [-0.25, -0.2) is 0 Å². The van der Waals surface area contributed by atoms with E-state index in [-0.39, 0.29) is 29.5 Å². The number of phenolic OH excluding ortho intramolecular Hbond substituents is 1. The van der Waals surface area contributed by atoms with Crippen molar-refractivity contribution in [3.8, 4) is 5.75 Å². The standard InChI is InChI=1S/C35H42N4O5S/c1-23-11-6-7-14-26(23)20-37-33(43)31-35(17-8-9-18-36-21-35)45-22-39(31)34(44)30(41)28(19-25-12-4-3-5-13-25)38-32(42)27-15-10-16-29(40)24(27)2/h3-7,10-16,28,30-31,36,40-41H,8-9,17-22H2,1-2H3,(H,37,43)(H,38,42)/t28-,30-,31+,35?/m0/s1. The smallest absolute Gasteiger partial charge is 0.254 e. The summed E-state index contributed by atoms with van der Waals surface area (Å²) in [5.41, 5.74) is 3.54. The first-order valence-electron chi connectivity index (χ1n) is 15.5. The van der Waals surface area contributed by atoms with E-state index < -0.39 is 34.7 Å². The maximum atomic E-state index is 14.2. The number of nitrogens with one attached hydrogen (secondary N) is 3. The fourth-order valence-electron chi connectivity index (χ4n) is 6.28. The van der Waals surface area contributed by atoms with Crippen LogP contribution in [0.2, 0.25) is 0 Å². The lowest BCUT2D eigenvalue weighted by Gasteiger charge is -2.36. The Morgan fingerprint density at radius 3 is 2.56 bits per heavy atom. The highest BCUT2D eigenvalue weighted by Gasteiger charge is 2.54. The van der Waals surface area contributed by atoms with Gasteiger partial charge in [0.2, 0.25) is 5.91 Å². The van der Waals surface area contributed by atoms with Gasteiger partial charge >= 0.3 is 0 Å². The van der Waals surface area contributed by atoms with Crippen molar-refractivity contribution in [3.05, 3.63) is 101 Å². The molecule has 2 heterocycles. The van der Waals surface area contributed by atoms with E-state index in [2.05, 4.69) is 16.0 Å². The summed E-state index contributed by atoms with van der Waals surface area (Å²) in [4.78, 5) is 43.2. The first-order chi connectivity index (χ1) is 21.7. The summed E-state index contributed by atoms with van der Waals surface area (Å²) in [5, 5.41) is 31.3. The van der Waals surface area contributed by atoms with Crippen LogP contribution in [0.15, 0.2) is 72.8 Å². The van der Waals surface area contributed by atoms with Gasteiger partial charge in [-0.05, 0) is 68.5 Å². The number of aromatic hydroxyl groups is 1. The molecule has 2 aliphatic heterocycles. The van der Waals surface area contributed by atoms with Gasteiger partial charge in [0.25, 0.3) is 11.8 Å². The van der Waals surface area contributed by atoms with Crippen molar-refractivity contribution in [1.82, 2.24) is 20.9 Å². The number of aryl methyl sites for hydroxylation is 1. The van der Waals surface area contributed by atoms with Crippen LogP contribution in [0.3, 0.4) is 0 Å². The van der Waals surface area contributed by atoms with E-state index in [0.29, 0.717) is 18.7 Å². The minimum atomic E-state index is -1.62. The van der Waals surface area contributed by atoms with Gasteiger partial charge in [-0.3, -0.25) is 14.4 Å². The monoisotopic (exact) mass is 630 g/mol. The number of benzene rings is 3. The van der Waals surface area contributed by atoms with Gasteiger partial charge in [0.1, 0.15) is 11.8 Å². The summed E-state index contributed by atoms with van der Waals surface area (Å²) >= 11 is 1.58. The van der Waals surface area contributed by atoms with Crippen molar-refractivity contribution in [2.45, 2.75) is 69.0 Å². The second kappa shape index (κ2) is 14.5. The third-order valence-electron chi connectivity index (χ3n) is 8.97. The molecule has 10 heteroatoms. The Morgan fingerprint density at radius 1 is 1.02 bits per heavy atom. The van der Waals surface area contributed by atoms with Crippen LogP contribution in [-0.2, 0) is 22.6 Å². The molecule has 9 nitrogen and oxygen atoms in total. The zero-order valence-corrected chi connectivity index (χ0v) is 26.6. The molecule has 2 aliphatic rings. The number of phenols is 1. The van der Waals surface area contributed by atoms with Crippen LogP contribution in [0.1, 0.15) is 51.9 Å². The fraction of sp³-hybridized carbons (Fsp3) is 0.400. The van der Waals surface area contributed by atoms with Crippen molar-refractivity contribution < 1.29 is 24.6 Å². The van der Waals surface area contributed by atoms with Gasteiger partial charge in [0.15, 0.2) is 6.10 Å². The fourth-order valence-corrected chi connectivity index (χ4v) is 7.84. The molecule has 3 aromatic rings. The van der Waals surface area contributed by atoms with Gasteiger partial charge in [0, 0.05) is 24.2 Å². The molecule has 45 heavy (non-hydrogen) atoms. The lowest BCUT2D eigenvalue weighted by molar-refractivity contribution is -0.147. The summed E-state index contributed by atoms with van der Waals surface area (Å²) in [6, 6.07) is 20.1. The average Bonchev–Trinajstić information content (AvgIpc) is 3.24. The zero-order chi connectivity index (χ0) is 32.0. The maximum Gasteiger partial charge on any atom is 0.254 e. The lowest BCUT2D eigenvalue weighted by Crippen LogP contribution is -2.61. The van der Waals surface area contributed by atoms with E-state index in [1.54, 1.807) is 30.8 Å². The second-order valence-electron chi connectivity index (χ2n) is 12.0. The lowest BCUT2D eigenvalue weighted by atomic mass is 9.90. The number of rotatable bonds is 9. The second-order valence-corrected chi connectivity index (χ2v) is 13.4. The Hall–Kier alpha value is -3.86. The van der Waals surface area contributed by atoms with Crippen molar-refractivity contribution >= 4 is 29.5 Å². The van der Waals surface area contributed by atoms with Crippen LogP contribution < -0.4 is 16.0 Å². The Labute approximate surface area is 268 Å². The molecule has 238 valence electrons. The third-order valence-corrected chi connectivity index (χ3v) is 10.5. The summed E-state index contributed by atoms with van der Waals surface area (Å²) in [6.45, 7) is 5.38. The number of carbonyl (C=O) groups is 3. The molecule has 0 saturated carbocycles. The van der Waals surface area contributed by atoms with Crippen molar-refractivity contribution in [2.24, 2.45) is 0 Å². The minimum absolute atomic E-state index is 0.0187. The molecular weight excluding hydrogens is 588 g/mol. The van der Waals surface area contributed by atoms with Gasteiger partial charge in [-0.2, -0.15) is 0 Å². The number of aliphatic hydroxyl groups is 1. The molecule has 0 bridgehead atoms. The number of thioether (sulfide) groups is 1. The summed E-state index contributed by atoms with van der Waals surface area (Å²) in [5.74, 6) is -1.14. The largest absolute Gasteiger partial charge is 0.508 e. The number of aliphatic hydroxyl groups excluding tert-OH is 1. The van der Waals surface area contributed by atoms with Crippen LogP contribution >= 0.6 is 11.8 Å². The first kappa shape index (κ1) is 32.5. The molecular formula is C35H42N4O5S. The predicted octanol–water partition coefficient (Wildman–Crippen LogP) is 3.44. The van der Waals surface area contributed by atoms with E-state index in [4.69, 9.17) is 0 Å². The number of hydrogen-bond acceptors (Lipinski definition) is 7. The normalized spacial score (nSPS) is 21.1. The van der Waals surface area contributed by atoms with Crippen molar-refractivity contribution in [2.75, 3.05) is 19.0 Å². The van der Waals surface area contributed by atoms with Gasteiger partial charge < -0.3 is 31.1 Å². The molecule has 2 saturated heterocycles. The van der Waals surface area contributed by atoms with Crippen LogP contribution in [0.4, 0.5) is 0 Å². The molecule has 4 atom stereocenters. The quantitative estimate of drug-likeness (QED) is 0.245. The number of nitrogens with zero attached hydrogens (tertiary/aromatic N) is 1. The van der Waals surface area contributed by atoms with Gasteiger partial charge in [-0.15, -0.1) is 11.8 Å². The summed E-state index contributed by atoms with van der Waals surface area (Å²) in [6.07, 6.45) is 1.23. The van der Waals surface area contributed by atoms with Crippen LogP contribution in [0.5, 0.6) is 5.75 Å². The molecule has 5 N–H and O–H groups in total. The molecule has 2 fully saturated rings. The van der Waals surface area contributed by atoms with Crippen molar-refractivity contribution in [3.63, 3.8) is 0 Å². The molecule has 3 aromatic carbocycles. The molecule has 1 spiro atoms. The van der Waals surface area contributed by atoms with E-state index in [1.807, 2.05) is 61.5 Å². The Kier molecular flexibility index (Phi) is 10.5. The highest BCUT2D eigenvalue weighted by molar-refractivity contribution is 8.01. The summed E-state index contributed by atoms with van der Waals surface area (Å²) < 4.78 is -0.543. The van der Waals surface area contributed by atoms with Crippen molar-refractivity contribution in [1.29, 1.82) is 0 Å². The number of hydrogen-bond donors (Lipinski definition) is 5. The van der Waals surface area contributed by atoms with E-state index in [9.17, 15) is 24.6 Å². The first-order valence-corrected chi connectivity index (χ1v) is 16.5. The Balaban J connectivity index is 1.42. The third kappa shape index (κ3) is 7.35. The zero-order valence-electron chi connectivity index (χ0n) is 25.8. The molecule has 0 aliphatic carbocycles. The Morgan fingerprint density at radius 2 is 1.78 bits per heavy atom. The number of carbonyl (C=O) groups excluding carboxylic acids is 3. The molecule has 0 aromatic heterocycles. The Bertz CT molecular complexity index is 1510. The average molecular weight is 631 g/mol. The van der Waals surface area contributed by atoms with Crippen LogP contribution in [-0.4, -0.2) is 74.7 Å². The topological polar surface area (TPSA) is 131 Å². The van der Waals surface area contributed by atoms with E-state index >= 15 is 0 Å². The van der Waals surface area contributed by atoms with E-state index in [1.165, 1.54) is 11.0 Å². The van der Waals surface area contributed by atoms with Crippen LogP contribution in [0.25, 0.3) is 0 Å². The molecule has 3 amide bonds. The molecule has 1 unspecified atom stereocenters. The van der Waals surface area contributed by atoms with Crippen LogP contribution in [0, 0.1) is 13.8 Å². The number of amides is 3. The van der Waals surface area contributed by atoms with E-state index in [0.717, 1.165) is 42.5 Å². The molecule has 5 rings (SSSR count). The minimum Gasteiger partial charge on any atom is -0.508 e. The highest BCUT2D eigenvalue weighted by Crippen LogP contribution is 2.44. The summed E-state index contributed by atoms with van der Waals surface area (Å²) in [7, 11) is 0. The predicted molar refractivity (Wildman–Crippen MR) is 176 cm³/mol.